The Hall–Kier alpha value is -3.81. The molecule has 0 aliphatic rings. The second kappa shape index (κ2) is 8.69. The van der Waals surface area contributed by atoms with Crippen LogP contribution >= 0.6 is 0 Å². The normalized spacial score (nSPS) is 11.6. The van der Waals surface area contributed by atoms with Crippen molar-refractivity contribution in [3.05, 3.63) is 68.8 Å². The van der Waals surface area contributed by atoms with E-state index in [4.69, 9.17) is 0 Å². The van der Waals surface area contributed by atoms with Crippen molar-refractivity contribution in [2.24, 2.45) is 0 Å². The van der Waals surface area contributed by atoms with Gasteiger partial charge in [-0.2, -0.15) is 0 Å². The predicted molar refractivity (Wildman–Crippen MR) is 106 cm³/mol. The lowest BCUT2D eigenvalue weighted by Crippen LogP contribution is -2.19. The zero-order chi connectivity index (χ0) is 22.7. The summed E-state index contributed by atoms with van der Waals surface area (Å²) in [5.41, 5.74) is 0.0690. The molecule has 0 aliphatic carbocycles. The number of aryl methyl sites for hydroxylation is 2. The van der Waals surface area contributed by atoms with Crippen molar-refractivity contribution in [2.45, 2.75) is 33.1 Å². The van der Waals surface area contributed by atoms with Crippen LogP contribution in [-0.2, 0) is 0 Å². The van der Waals surface area contributed by atoms with Gasteiger partial charge in [-0.3, -0.25) is 9.59 Å². The molecule has 156 valence electrons. The fraction of sp³-hybridized carbons (Fsp3) is 0.227. The number of carbonyl (C=O) groups excluding carboxylic acids is 2. The van der Waals surface area contributed by atoms with Crippen LogP contribution in [0, 0.1) is 13.8 Å². The highest BCUT2D eigenvalue weighted by molar-refractivity contribution is 6.11. The molecule has 0 fully saturated rings. The third-order valence-electron chi connectivity index (χ3n) is 4.99. The Bertz CT molecular complexity index is 1080. The standard InChI is InChI=1S/C22H20O8/c1-4-13(14-5-11(3)15(20(25)26)6-10(14)2)19(24)16-8-18(22(29)30)17(21(27)28)7-12(16)9-23/h5-9,13H,4H2,1-3H3,(H,25,26)(H,27,28)(H,29,30). The average molecular weight is 412 g/mol. The van der Waals surface area contributed by atoms with Crippen LogP contribution in [0.3, 0.4) is 0 Å². The van der Waals surface area contributed by atoms with Crippen LogP contribution < -0.4 is 0 Å². The average Bonchev–Trinajstić information content (AvgIpc) is 2.69. The van der Waals surface area contributed by atoms with Gasteiger partial charge in [0, 0.05) is 17.0 Å². The summed E-state index contributed by atoms with van der Waals surface area (Å²) in [6, 6.07) is 4.84. The first-order chi connectivity index (χ1) is 14.0. The van der Waals surface area contributed by atoms with E-state index in [2.05, 4.69) is 0 Å². The van der Waals surface area contributed by atoms with Crippen molar-refractivity contribution in [1.82, 2.24) is 0 Å². The molecule has 8 nitrogen and oxygen atoms in total. The highest BCUT2D eigenvalue weighted by Gasteiger charge is 2.28. The molecule has 8 heteroatoms. The maximum atomic E-state index is 13.3. The lowest BCUT2D eigenvalue weighted by atomic mass is 9.82. The quantitative estimate of drug-likeness (QED) is 0.440. The van der Waals surface area contributed by atoms with E-state index in [9.17, 15) is 39.3 Å². The second-order valence-corrected chi connectivity index (χ2v) is 6.87. The molecule has 2 rings (SSSR count). The molecule has 1 unspecified atom stereocenters. The maximum Gasteiger partial charge on any atom is 0.336 e. The van der Waals surface area contributed by atoms with Crippen molar-refractivity contribution in [2.75, 3.05) is 0 Å². The first-order valence-corrected chi connectivity index (χ1v) is 9.01. The van der Waals surface area contributed by atoms with Gasteiger partial charge < -0.3 is 15.3 Å². The van der Waals surface area contributed by atoms with Crippen molar-refractivity contribution in [3.63, 3.8) is 0 Å². The van der Waals surface area contributed by atoms with E-state index in [0.717, 1.165) is 12.1 Å². The molecule has 0 aromatic heterocycles. The second-order valence-electron chi connectivity index (χ2n) is 6.87. The van der Waals surface area contributed by atoms with Crippen molar-refractivity contribution in [1.29, 1.82) is 0 Å². The van der Waals surface area contributed by atoms with Gasteiger partial charge in [0.2, 0.25) is 0 Å². The Morgan fingerprint density at radius 1 is 0.800 bits per heavy atom. The Kier molecular flexibility index (Phi) is 6.51. The summed E-state index contributed by atoms with van der Waals surface area (Å²) in [5.74, 6) is -5.49. The highest BCUT2D eigenvalue weighted by atomic mass is 16.4. The van der Waals surface area contributed by atoms with Crippen LogP contribution in [0.4, 0.5) is 0 Å². The van der Waals surface area contributed by atoms with Gasteiger partial charge in [0.15, 0.2) is 12.1 Å². The van der Waals surface area contributed by atoms with E-state index in [0.29, 0.717) is 29.4 Å². The van der Waals surface area contributed by atoms with Gasteiger partial charge in [0.05, 0.1) is 16.7 Å². The molecule has 2 aromatic carbocycles. The zero-order valence-electron chi connectivity index (χ0n) is 16.6. The van der Waals surface area contributed by atoms with Crippen LogP contribution in [0.2, 0.25) is 0 Å². The van der Waals surface area contributed by atoms with E-state index in [1.165, 1.54) is 6.07 Å². The molecule has 0 spiro atoms. The number of hydrogen-bond donors (Lipinski definition) is 3. The SMILES string of the molecule is CCC(C(=O)c1cc(C(=O)O)c(C(=O)O)cc1C=O)c1cc(C)c(C(=O)O)cc1C. The number of carboxylic acids is 3. The Morgan fingerprint density at radius 2 is 1.33 bits per heavy atom. The molecule has 2 aromatic rings. The van der Waals surface area contributed by atoms with E-state index in [-0.39, 0.29) is 16.7 Å². The predicted octanol–water partition coefficient (Wildman–Crippen LogP) is 3.59. The van der Waals surface area contributed by atoms with Crippen LogP contribution in [0.15, 0.2) is 24.3 Å². The number of aromatic carboxylic acids is 3. The number of aldehydes is 1. The van der Waals surface area contributed by atoms with Gasteiger partial charge in [-0.05, 0) is 55.2 Å². The number of hydrogen-bond acceptors (Lipinski definition) is 5. The summed E-state index contributed by atoms with van der Waals surface area (Å²) in [6.07, 6.45) is 0.608. The minimum absolute atomic E-state index is 0.103. The summed E-state index contributed by atoms with van der Waals surface area (Å²) in [6.45, 7) is 4.99. The van der Waals surface area contributed by atoms with Gasteiger partial charge >= 0.3 is 17.9 Å². The molecule has 1 atom stereocenters. The van der Waals surface area contributed by atoms with E-state index in [1.54, 1.807) is 26.8 Å². The highest BCUT2D eigenvalue weighted by Crippen LogP contribution is 2.31. The largest absolute Gasteiger partial charge is 0.478 e. The fourth-order valence-electron chi connectivity index (χ4n) is 3.46. The molecule has 0 heterocycles. The van der Waals surface area contributed by atoms with Gasteiger partial charge in [-0.1, -0.05) is 13.0 Å². The summed E-state index contributed by atoms with van der Waals surface area (Å²) in [4.78, 5) is 59.0. The van der Waals surface area contributed by atoms with Gasteiger partial charge in [-0.15, -0.1) is 0 Å². The number of carbonyl (C=O) groups is 5. The lowest BCUT2D eigenvalue weighted by molar-refractivity contribution is 0.0651. The lowest BCUT2D eigenvalue weighted by Gasteiger charge is -2.20. The first kappa shape index (κ1) is 22.5. The molecule has 0 aliphatic heterocycles. The number of rotatable bonds is 8. The smallest absolute Gasteiger partial charge is 0.336 e. The van der Waals surface area contributed by atoms with E-state index in [1.807, 2.05) is 0 Å². The van der Waals surface area contributed by atoms with Crippen LogP contribution in [-0.4, -0.2) is 45.3 Å². The number of ketones is 1. The Balaban J connectivity index is 2.68. The van der Waals surface area contributed by atoms with Crippen molar-refractivity contribution >= 4 is 30.0 Å². The molecule has 0 saturated carbocycles. The third-order valence-corrected chi connectivity index (χ3v) is 4.99. The summed E-state index contributed by atoms with van der Waals surface area (Å²) in [5, 5.41) is 27.8. The van der Waals surface area contributed by atoms with Crippen molar-refractivity contribution < 1.29 is 39.3 Å². The summed E-state index contributed by atoms with van der Waals surface area (Å²) < 4.78 is 0. The monoisotopic (exact) mass is 412 g/mol. The Labute approximate surface area is 171 Å². The molecule has 0 saturated heterocycles. The molecule has 3 N–H and O–H groups in total. The topological polar surface area (TPSA) is 146 Å². The summed E-state index contributed by atoms with van der Waals surface area (Å²) in [7, 11) is 0. The van der Waals surface area contributed by atoms with Gasteiger partial charge in [0.25, 0.3) is 0 Å². The maximum absolute atomic E-state index is 13.3. The molecular formula is C22H20O8. The molecular weight excluding hydrogens is 392 g/mol. The minimum atomic E-state index is -1.54. The first-order valence-electron chi connectivity index (χ1n) is 9.01. The van der Waals surface area contributed by atoms with Crippen molar-refractivity contribution in [3.8, 4) is 0 Å². The zero-order valence-corrected chi connectivity index (χ0v) is 16.6. The van der Waals surface area contributed by atoms with Crippen LogP contribution in [0.5, 0.6) is 0 Å². The van der Waals surface area contributed by atoms with Crippen LogP contribution in [0.25, 0.3) is 0 Å². The third kappa shape index (κ3) is 4.12. The molecule has 0 amide bonds. The van der Waals surface area contributed by atoms with Gasteiger partial charge in [-0.25, -0.2) is 14.4 Å². The molecule has 0 bridgehead atoms. The molecule has 30 heavy (non-hydrogen) atoms. The number of benzene rings is 2. The van der Waals surface area contributed by atoms with E-state index < -0.39 is 40.7 Å². The van der Waals surface area contributed by atoms with E-state index >= 15 is 0 Å². The fourth-order valence-corrected chi connectivity index (χ4v) is 3.46. The Morgan fingerprint density at radius 3 is 1.80 bits per heavy atom. The summed E-state index contributed by atoms with van der Waals surface area (Å²) >= 11 is 0. The minimum Gasteiger partial charge on any atom is -0.478 e. The number of carboxylic acid groups (broad SMARTS) is 3. The number of Topliss-reactive ketones (excluding diaryl/α,β-unsaturated/α-hetero) is 1. The molecule has 0 radical (unpaired) electrons. The van der Waals surface area contributed by atoms with Gasteiger partial charge in [0.1, 0.15) is 0 Å². The van der Waals surface area contributed by atoms with Crippen LogP contribution in [0.1, 0.15) is 87.7 Å².